The van der Waals surface area contributed by atoms with Gasteiger partial charge < -0.3 is 5.11 Å². The molecule has 3 rings (SSSR count). The van der Waals surface area contributed by atoms with Crippen molar-refractivity contribution in [3.8, 4) is 0 Å². The van der Waals surface area contributed by atoms with Crippen LogP contribution in [-0.4, -0.2) is 17.1 Å². The molecule has 13 heavy (non-hydrogen) atoms. The zero-order valence-electron chi connectivity index (χ0n) is 8.46. The molecular formula is C11H19ClO. The molecule has 0 aromatic rings. The summed E-state index contributed by atoms with van der Waals surface area (Å²) < 4.78 is 0. The molecule has 0 spiro atoms. The Balaban J connectivity index is 2.07. The number of hydrogen-bond donors (Lipinski definition) is 1. The summed E-state index contributed by atoms with van der Waals surface area (Å²) in [5, 5.41) is 9.78. The first-order chi connectivity index (χ1) is 6.07. The maximum absolute atomic E-state index is 9.78. The van der Waals surface area contributed by atoms with Crippen LogP contribution in [0.3, 0.4) is 0 Å². The minimum absolute atomic E-state index is 0.271. The standard InChI is InChI=1S/C11H19ClO/c1-11(2)7-3-4-8(9(11)5-7)10(13)6-12/h7-10,13H,3-6H2,1-2H3. The van der Waals surface area contributed by atoms with Crippen LogP contribution >= 0.6 is 11.6 Å². The van der Waals surface area contributed by atoms with Gasteiger partial charge in [-0.1, -0.05) is 13.8 Å². The summed E-state index contributed by atoms with van der Waals surface area (Å²) in [7, 11) is 0. The van der Waals surface area contributed by atoms with E-state index in [2.05, 4.69) is 13.8 Å². The third-order valence-corrected chi connectivity index (χ3v) is 4.88. The highest BCUT2D eigenvalue weighted by Crippen LogP contribution is 2.61. The molecule has 76 valence electrons. The average Bonchev–Trinajstić information content (AvgIpc) is 2.16. The Bertz CT molecular complexity index is 200. The molecule has 0 aliphatic heterocycles. The quantitative estimate of drug-likeness (QED) is 0.683. The van der Waals surface area contributed by atoms with E-state index in [1.807, 2.05) is 0 Å². The summed E-state index contributed by atoms with van der Waals surface area (Å²) in [4.78, 5) is 0. The number of hydrogen-bond acceptors (Lipinski definition) is 1. The van der Waals surface area contributed by atoms with Crippen LogP contribution in [0.25, 0.3) is 0 Å². The number of halogens is 1. The number of aliphatic hydroxyl groups is 1. The smallest absolute Gasteiger partial charge is 0.0706 e. The van der Waals surface area contributed by atoms with Gasteiger partial charge in [-0.15, -0.1) is 11.6 Å². The Morgan fingerprint density at radius 2 is 2.15 bits per heavy atom. The second-order valence-corrected chi connectivity index (χ2v) is 5.63. The molecule has 3 aliphatic carbocycles. The highest BCUT2D eigenvalue weighted by atomic mass is 35.5. The van der Waals surface area contributed by atoms with E-state index in [0.29, 0.717) is 17.2 Å². The number of alkyl halides is 1. The SMILES string of the molecule is CC1(C)C2CCC(C(O)CCl)C1C2. The maximum atomic E-state index is 9.78. The molecular weight excluding hydrogens is 184 g/mol. The molecule has 0 aromatic carbocycles. The minimum Gasteiger partial charge on any atom is -0.392 e. The first-order valence-electron chi connectivity index (χ1n) is 5.31. The first-order valence-corrected chi connectivity index (χ1v) is 5.85. The zero-order chi connectivity index (χ0) is 9.64. The van der Waals surface area contributed by atoms with E-state index >= 15 is 0 Å². The third-order valence-electron chi connectivity index (χ3n) is 4.56. The molecule has 0 saturated heterocycles. The molecule has 0 radical (unpaired) electrons. The Morgan fingerprint density at radius 1 is 1.46 bits per heavy atom. The fourth-order valence-corrected chi connectivity index (χ4v) is 3.67. The molecule has 3 aliphatic rings. The van der Waals surface area contributed by atoms with Gasteiger partial charge in [0.25, 0.3) is 0 Å². The molecule has 1 nitrogen and oxygen atoms in total. The van der Waals surface area contributed by atoms with Crippen molar-refractivity contribution in [1.29, 1.82) is 0 Å². The number of fused-ring (bicyclic) bond motifs is 2. The van der Waals surface area contributed by atoms with Gasteiger partial charge in [0.05, 0.1) is 6.10 Å². The normalized spacial score (nSPS) is 43.8. The van der Waals surface area contributed by atoms with Gasteiger partial charge in [-0.05, 0) is 42.4 Å². The number of aliphatic hydroxyl groups excluding tert-OH is 1. The second kappa shape index (κ2) is 3.13. The Kier molecular flexibility index (Phi) is 2.36. The van der Waals surface area contributed by atoms with Gasteiger partial charge in [0.1, 0.15) is 0 Å². The predicted octanol–water partition coefficient (Wildman–Crippen LogP) is 2.66. The summed E-state index contributed by atoms with van der Waals surface area (Å²) in [5.41, 5.74) is 0.468. The van der Waals surface area contributed by atoms with Gasteiger partial charge in [0.15, 0.2) is 0 Å². The molecule has 1 N–H and O–H groups in total. The highest BCUT2D eigenvalue weighted by Gasteiger charge is 2.55. The van der Waals surface area contributed by atoms with Crippen molar-refractivity contribution >= 4 is 11.6 Å². The Morgan fingerprint density at radius 3 is 2.62 bits per heavy atom. The van der Waals surface area contributed by atoms with Crippen molar-refractivity contribution in [2.24, 2.45) is 23.2 Å². The van der Waals surface area contributed by atoms with Crippen molar-refractivity contribution in [3.63, 3.8) is 0 Å². The van der Waals surface area contributed by atoms with E-state index in [1.54, 1.807) is 0 Å². The predicted molar refractivity (Wildman–Crippen MR) is 54.8 cm³/mol. The lowest BCUT2D eigenvalue weighted by Crippen LogP contribution is -2.55. The lowest BCUT2D eigenvalue weighted by molar-refractivity contribution is -0.133. The van der Waals surface area contributed by atoms with Crippen molar-refractivity contribution in [2.45, 2.75) is 39.2 Å². The summed E-state index contributed by atoms with van der Waals surface area (Å²) in [6.45, 7) is 4.69. The van der Waals surface area contributed by atoms with E-state index < -0.39 is 0 Å². The van der Waals surface area contributed by atoms with Gasteiger partial charge in [0, 0.05) is 5.88 Å². The largest absolute Gasteiger partial charge is 0.392 e. The van der Waals surface area contributed by atoms with E-state index in [9.17, 15) is 5.11 Å². The third kappa shape index (κ3) is 1.32. The molecule has 4 atom stereocenters. The van der Waals surface area contributed by atoms with Crippen LogP contribution in [0, 0.1) is 23.2 Å². The molecule has 0 amide bonds. The molecule has 2 heteroatoms. The van der Waals surface area contributed by atoms with Crippen LogP contribution < -0.4 is 0 Å². The molecule has 4 unspecified atom stereocenters. The fourth-order valence-electron chi connectivity index (χ4n) is 3.44. The van der Waals surface area contributed by atoms with E-state index in [-0.39, 0.29) is 6.10 Å². The lowest BCUT2D eigenvalue weighted by Gasteiger charge is -2.60. The van der Waals surface area contributed by atoms with Crippen molar-refractivity contribution in [3.05, 3.63) is 0 Å². The molecule has 2 bridgehead atoms. The van der Waals surface area contributed by atoms with Crippen LogP contribution in [0.1, 0.15) is 33.1 Å². The van der Waals surface area contributed by atoms with Crippen molar-refractivity contribution in [1.82, 2.24) is 0 Å². The maximum Gasteiger partial charge on any atom is 0.0706 e. The molecule has 0 heterocycles. The van der Waals surface area contributed by atoms with Gasteiger partial charge in [0.2, 0.25) is 0 Å². The van der Waals surface area contributed by atoms with Gasteiger partial charge >= 0.3 is 0 Å². The van der Waals surface area contributed by atoms with Crippen molar-refractivity contribution < 1.29 is 5.11 Å². The van der Waals surface area contributed by atoms with Crippen LogP contribution in [-0.2, 0) is 0 Å². The lowest BCUT2D eigenvalue weighted by atomic mass is 9.45. The Labute approximate surface area is 85.5 Å². The van der Waals surface area contributed by atoms with Crippen LogP contribution in [0.5, 0.6) is 0 Å². The highest BCUT2D eigenvalue weighted by molar-refractivity contribution is 6.18. The molecule has 0 aromatic heterocycles. The first kappa shape index (κ1) is 9.79. The van der Waals surface area contributed by atoms with Crippen LogP contribution in [0.2, 0.25) is 0 Å². The van der Waals surface area contributed by atoms with Gasteiger partial charge in [-0.3, -0.25) is 0 Å². The van der Waals surface area contributed by atoms with Gasteiger partial charge in [-0.25, -0.2) is 0 Å². The molecule has 3 saturated carbocycles. The second-order valence-electron chi connectivity index (χ2n) is 5.32. The summed E-state index contributed by atoms with van der Waals surface area (Å²) in [5.74, 6) is 2.51. The average molecular weight is 203 g/mol. The van der Waals surface area contributed by atoms with E-state index in [1.165, 1.54) is 19.3 Å². The van der Waals surface area contributed by atoms with Crippen LogP contribution in [0.15, 0.2) is 0 Å². The van der Waals surface area contributed by atoms with E-state index in [0.717, 1.165) is 11.8 Å². The van der Waals surface area contributed by atoms with Gasteiger partial charge in [-0.2, -0.15) is 0 Å². The van der Waals surface area contributed by atoms with Crippen LogP contribution in [0.4, 0.5) is 0 Å². The zero-order valence-corrected chi connectivity index (χ0v) is 9.22. The summed E-state index contributed by atoms with van der Waals surface area (Å²) in [6, 6.07) is 0. The molecule has 3 fully saturated rings. The van der Waals surface area contributed by atoms with E-state index in [4.69, 9.17) is 11.6 Å². The monoisotopic (exact) mass is 202 g/mol. The summed E-state index contributed by atoms with van der Waals surface area (Å²) in [6.07, 6.45) is 3.53. The van der Waals surface area contributed by atoms with Crippen molar-refractivity contribution in [2.75, 3.05) is 5.88 Å². The Hall–Kier alpha value is 0.250. The summed E-state index contributed by atoms with van der Waals surface area (Å²) >= 11 is 5.71. The fraction of sp³-hybridized carbons (Fsp3) is 1.00. The minimum atomic E-state index is -0.271. The number of rotatable bonds is 2. The topological polar surface area (TPSA) is 20.2 Å².